The number of hydrogen-bond donors (Lipinski definition) is 0. The van der Waals surface area contributed by atoms with Crippen molar-refractivity contribution in [2.45, 2.75) is 0 Å². The monoisotopic (exact) mass is 627 g/mol. The molecule has 49 heavy (non-hydrogen) atoms. The van der Waals surface area contributed by atoms with Gasteiger partial charge in [-0.05, 0) is 95.0 Å². The number of hydrogen-bond acceptors (Lipinski definition) is 1. The molecule has 1 heteroatoms. The summed E-state index contributed by atoms with van der Waals surface area (Å²) in [7, 11) is 0. The maximum atomic E-state index is 8.38. The Bertz CT molecular complexity index is 3060. The molecule has 1 nitrogen and oxygen atoms in total. The molecule has 1 heterocycles. The van der Waals surface area contributed by atoms with E-state index in [2.05, 4.69) is 127 Å². The van der Waals surface area contributed by atoms with Gasteiger partial charge in [0.1, 0.15) is 11.2 Å². The summed E-state index contributed by atoms with van der Waals surface area (Å²) in [6, 6.07) is 51.1. The van der Waals surface area contributed by atoms with Gasteiger partial charge >= 0.3 is 0 Å². The lowest BCUT2D eigenvalue weighted by atomic mass is 9.84. The van der Waals surface area contributed by atoms with Crippen molar-refractivity contribution in [3.63, 3.8) is 0 Å². The molecule has 9 aromatic carbocycles. The first-order chi connectivity index (χ1) is 26.4. The van der Waals surface area contributed by atoms with Gasteiger partial charge in [-0.2, -0.15) is 0 Å². The fraction of sp³-hybridized carbons (Fsp3) is 0. The second-order valence-corrected chi connectivity index (χ2v) is 12.5. The molecule has 0 aliphatic rings. The number of rotatable bonds is 4. The first kappa shape index (κ1) is 23.0. The molecule has 0 radical (unpaired) electrons. The van der Waals surface area contributed by atoms with Crippen molar-refractivity contribution in [1.82, 2.24) is 0 Å². The lowest BCUT2D eigenvalue weighted by Crippen LogP contribution is -1.91. The van der Waals surface area contributed by atoms with Gasteiger partial charge in [-0.15, -0.1) is 0 Å². The molecule has 228 valence electrons. The molecule has 1 aromatic heterocycles. The van der Waals surface area contributed by atoms with Gasteiger partial charge < -0.3 is 4.42 Å². The van der Waals surface area contributed by atoms with E-state index in [1.807, 2.05) is 24.3 Å². The average Bonchev–Trinajstić information content (AvgIpc) is 3.58. The van der Waals surface area contributed by atoms with Crippen molar-refractivity contribution in [2.75, 3.05) is 0 Å². The third-order valence-electron chi connectivity index (χ3n) is 9.74. The van der Waals surface area contributed by atoms with Crippen LogP contribution in [0.4, 0.5) is 0 Å². The molecule has 0 unspecified atom stereocenters. The number of furan rings is 1. The predicted molar refractivity (Wildman–Crippen MR) is 208 cm³/mol. The van der Waals surface area contributed by atoms with Crippen LogP contribution in [0.2, 0.25) is 0 Å². The predicted octanol–water partition coefficient (Wildman–Crippen LogP) is 13.7. The molecule has 10 rings (SSSR count). The number of benzene rings is 9. The standard InChI is InChI=1S/C48H30O/c1-2-11-31(12-3-1)32-21-23-33(24-22-32)34-25-27-35(28-26-34)46-38-15-6-8-17-40(38)47(41-18-9-7-16-39(41)46)42-19-10-20-44-48(42)43-29-36-13-4-5-14-37(36)30-45(43)49-44/h1-30H/i1D,2D,3D,11D,12D. The lowest BCUT2D eigenvalue weighted by Gasteiger charge is -2.18. The summed E-state index contributed by atoms with van der Waals surface area (Å²) in [5.41, 5.74) is 9.12. The number of fused-ring (bicyclic) bond motifs is 6. The van der Waals surface area contributed by atoms with Crippen molar-refractivity contribution in [3.8, 4) is 44.5 Å². The van der Waals surface area contributed by atoms with Crippen molar-refractivity contribution in [3.05, 3.63) is 182 Å². The molecular formula is C48H30O. The Balaban J connectivity index is 1.11. The van der Waals surface area contributed by atoms with Gasteiger partial charge in [0.25, 0.3) is 0 Å². The van der Waals surface area contributed by atoms with E-state index in [0.29, 0.717) is 5.56 Å². The molecule has 0 aliphatic carbocycles. The summed E-state index contributed by atoms with van der Waals surface area (Å²) in [5.74, 6) is 0. The quantitative estimate of drug-likeness (QED) is 0.177. The summed E-state index contributed by atoms with van der Waals surface area (Å²) in [4.78, 5) is 0. The Morgan fingerprint density at radius 2 is 0.878 bits per heavy atom. The second-order valence-electron chi connectivity index (χ2n) is 12.5. The van der Waals surface area contributed by atoms with E-state index < -0.39 is 6.04 Å². The summed E-state index contributed by atoms with van der Waals surface area (Å²) in [6.45, 7) is 0. The summed E-state index contributed by atoms with van der Waals surface area (Å²) in [6.07, 6.45) is 0. The normalized spacial score (nSPS) is 13.1. The van der Waals surface area contributed by atoms with Gasteiger partial charge in [0.15, 0.2) is 0 Å². The van der Waals surface area contributed by atoms with Crippen LogP contribution in [0.15, 0.2) is 186 Å². The minimum Gasteiger partial charge on any atom is -0.456 e. The van der Waals surface area contributed by atoms with Crippen LogP contribution in [0.1, 0.15) is 6.85 Å². The Morgan fingerprint density at radius 1 is 0.367 bits per heavy atom. The fourth-order valence-corrected chi connectivity index (χ4v) is 7.50. The van der Waals surface area contributed by atoms with Crippen LogP contribution >= 0.6 is 0 Å². The van der Waals surface area contributed by atoms with Crippen LogP contribution < -0.4 is 0 Å². The smallest absolute Gasteiger partial charge is 0.136 e. The van der Waals surface area contributed by atoms with E-state index in [1.165, 1.54) is 27.3 Å². The zero-order chi connectivity index (χ0) is 36.7. The zero-order valence-electron chi connectivity index (χ0n) is 31.3. The summed E-state index contributed by atoms with van der Waals surface area (Å²) in [5, 5.41) is 9.22. The highest BCUT2D eigenvalue weighted by Gasteiger charge is 2.20. The van der Waals surface area contributed by atoms with Crippen LogP contribution in [0.3, 0.4) is 0 Å². The fourth-order valence-electron chi connectivity index (χ4n) is 7.50. The van der Waals surface area contributed by atoms with E-state index in [-0.39, 0.29) is 29.7 Å². The molecule has 0 fully saturated rings. The van der Waals surface area contributed by atoms with Gasteiger partial charge in [0.2, 0.25) is 0 Å². The molecule has 0 N–H and O–H groups in total. The summed E-state index contributed by atoms with van der Waals surface area (Å²) >= 11 is 0. The minimum atomic E-state index is -0.390. The van der Waals surface area contributed by atoms with Gasteiger partial charge in [-0.1, -0.05) is 164 Å². The SMILES string of the molecule is [2H]c1c([2H])c([2H])c(-c2ccc(-c3ccc(-c4c5ccccc5c(-c5cccc6oc7cc8ccccc8cc7c56)c5ccccc45)cc3)cc2)c([2H])c1[2H]. The Labute approximate surface area is 291 Å². The Morgan fingerprint density at radius 3 is 1.49 bits per heavy atom. The van der Waals surface area contributed by atoms with Crippen LogP contribution in [0, 0.1) is 0 Å². The molecule has 0 saturated heterocycles. The molecule has 0 bridgehead atoms. The maximum absolute atomic E-state index is 8.38. The molecular weight excluding hydrogens is 593 g/mol. The van der Waals surface area contributed by atoms with Crippen LogP contribution in [0.25, 0.3) is 98.8 Å². The zero-order valence-corrected chi connectivity index (χ0v) is 26.3. The Hall–Kier alpha value is -6.44. The van der Waals surface area contributed by atoms with E-state index in [9.17, 15) is 0 Å². The molecule has 0 atom stereocenters. The van der Waals surface area contributed by atoms with Crippen molar-refractivity contribution in [1.29, 1.82) is 0 Å². The largest absolute Gasteiger partial charge is 0.456 e. The maximum Gasteiger partial charge on any atom is 0.136 e. The van der Waals surface area contributed by atoms with E-state index >= 15 is 0 Å². The van der Waals surface area contributed by atoms with Gasteiger partial charge in [-0.3, -0.25) is 0 Å². The van der Waals surface area contributed by atoms with E-state index in [0.717, 1.165) is 60.4 Å². The Kier molecular flexibility index (Phi) is 5.20. The van der Waals surface area contributed by atoms with E-state index in [4.69, 9.17) is 11.3 Å². The molecule has 0 amide bonds. The molecule has 10 aromatic rings. The highest BCUT2D eigenvalue weighted by molar-refractivity contribution is 6.26. The van der Waals surface area contributed by atoms with Gasteiger partial charge in [0.05, 0.1) is 6.85 Å². The molecule has 0 spiro atoms. The molecule has 0 saturated carbocycles. The van der Waals surface area contributed by atoms with Crippen molar-refractivity contribution in [2.24, 2.45) is 0 Å². The van der Waals surface area contributed by atoms with Gasteiger partial charge in [0, 0.05) is 10.8 Å². The topological polar surface area (TPSA) is 13.1 Å². The third kappa shape index (κ3) is 4.47. The van der Waals surface area contributed by atoms with Crippen molar-refractivity contribution < 1.29 is 11.3 Å². The first-order valence-corrected chi connectivity index (χ1v) is 16.4. The highest BCUT2D eigenvalue weighted by atomic mass is 16.3. The van der Waals surface area contributed by atoms with Crippen LogP contribution in [-0.2, 0) is 0 Å². The van der Waals surface area contributed by atoms with E-state index in [1.54, 1.807) is 0 Å². The van der Waals surface area contributed by atoms with Crippen molar-refractivity contribution >= 4 is 54.3 Å². The summed E-state index contributed by atoms with van der Waals surface area (Å²) < 4.78 is 47.4. The van der Waals surface area contributed by atoms with Crippen LogP contribution in [0.5, 0.6) is 0 Å². The van der Waals surface area contributed by atoms with Crippen LogP contribution in [-0.4, -0.2) is 0 Å². The second kappa shape index (κ2) is 11.1. The first-order valence-electron chi connectivity index (χ1n) is 18.9. The third-order valence-corrected chi connectivity index (χ3v) is 9.74. The highest BCUT2D eigenvalue weighted by Crippen LogP contribution is 2.47. The average molecular weight is 628 g/mol. The molecule has 0 aliphatic heterocycles. The van der Waals surface area contributed by atoms with Gasteiger partial charge in [-0.25, -0.2) is 0 Å². The minimum absolute atomic E-state index is 0.202. The lowest BCUT2D eigenvalue weighted by molar-refractivity contribution is 0.669.